The first kappa shape index (κ1) is 20.2. The Kier molecular flexibility index (Phi) is 4.52. The third kappa shape index (κ3) is 3.12. The molecule has 0 saturated heterocycles. The van der Waals surface area contributed by atoms with E-state index in [0.717, 1.165) is 11.3 Å². The summed E-state index contributed by atoms with van der Waals surface area (Å²) in [6.45, 7) is 8.34. The number of hydrogen-bond acceptors (Lipinski definition) is 4. The van der Waals surface area contributed by atoms with Gasteiger partial charge in [0.2, 0.25) is 5.76 Å². The zero-order valence-electron chi connectivity index (χ0n) is 18.5. The van der Waals surface area contributed by atoms with Crippen molar-refractivity contribution in [2.45, 2.75) is 39.2 Å². The number of hydrogen-bond donors (Lipinski definition) is 0. The molecule has 160 valence electrons. The van der Waals surface area contributed by atoms with Crippen molar-refractivity contribution in [1.29, 1.82) is 0 Å². The van der Waals surface area contributed by atoms with E-state index in [2.05, 4.69) is 37.9 Å². The smallest absolute Gasteiger partial charge is 0.296 e. The van der Waals surface area contributed by atoms with Crippen LogP contribution in [0.15, 0.2) is 75.9 Å². The van der Waals surface area contributed by atoms with Crippen molar-refractivity contribution >= 4 is 22.7 Å². The highest BCUT2D eigenvalue weighted by molar-refractivity contribution is 6.10. The van der Waals surface area contributed by atoms with Gasteiger partial charge >= 0.3 is 0 Å². The van der Waals surface area contributed by atoms with Crippen LogP contribution in [0.5, 0.6) is 0 Å². The number of aromatic nitrogens is 1. The molecule has 5 nitrogen and oxygen atoms in total. The third-order valence-corrected chi connectivity index (χ3v) is 5.99. The number of aryl methyl sites for hydroxylation is 1. The van der Waals surface area contributed by atoms with Gasteiger partial charge in [0, 0.05) is 5.69 Å². The molecule has 1 aliphatic rings. The molecule has 0 saturated carbocycles. The predicted molar refractivity (Wildman–Crippen MR) is 125 cm³/mol. The lowest BCUT2D eigenvalue weighted by Crippen LogP contribution is -2.30. The summed E-state index contributed by atoms with van der Waals surface area (Å²) in [7, 11) is 0. The van der Waals surface area contributed by atoms with Crippen LogP contribution in [0.25, 0.3) is 11.0 Å². The monoisotopic (exact) mass is 424 g/mol. The normalized spacial score (nSPS) is 15.9. The van der Waals surface area contributed by atoms with Gasteiger partial charge in [-0.3, -0.25) is 14.5 Å². The molecular weight excluding hydrogens is 400 g/mol. The lowest BCUT2D eigenvalue weighted by atomic mass is 9.86. The van der Waals surface area contributed by atoms with E-state index >= 15 is 0 Å². The van der Waals surface area contributed by atoms with Gasteiger partial charge < -0.3 is 4.42 Å². The lowest BCUT2D eigenvalue weighted by molar-refractivity contribution is 0.0970. The number of pyridine rings is 1. The van der Waals surface area contributed by atoms with Crippen molar-refractivity contribution in [3.05, 3.63) is 105 Å². The van der Waals surface area contributed by atoms with E-state index in [1.54, 1.807) is 35.2 Å². The summed E-state index contributed by atoms with van der Waals surface area (Å²) >= 11 is 0. The first-order valence-electron chi connectivity index (χ1n) is 10.7. The number of carbonyl (C=O) groups excluding carboxylic acids is 1. The highest BCUT2D eigenvalue weighted by atomic mass is 16.3. The van der Waals surface area contributed by atoms with Crippen LogP contribution >= 0.6 is 0 Å². The number of carbonyl (C=O) groups is 1. The molecule has 1 amide bonds. The first-order chi connectivity index (χ1) is 15.3. The number of nitrogens with zero attached hydrogens (tertiary/aromatic N) is 2. The fourth-order valence-corrected chi connectivity index (χ4v) is 4.30. The summed E-state index contributed by atoms with van der Waals surface area (Å²) in [5, 5.41) is 0.467. The van der Waals surface area contributed by atoms with Gasteiger partial charge in [0.1, 0.15) is 11.4 Å². The van der Waals surface area contributed by atoms with Crippen LogP contribution in [0.2, 0.25) is 0 Å². The van der Waals surface area contributed by atoms with E-state index in [1.807, 2.05) is 31.2 Å². The van der Waals surface area contributed by atoms with E-state index in [-0.39, 0.29) is 22.5 Å². The Balaban J connectivity index is 1.77. The Morgan fingerprint density at radius 1 is 0.906 bits per heavy atom. The van der Waals surface area contributed by atoms with Crippen LogP contribution in [0.4, 0.5) is 5.82 Å². The van der Waals surface area contributed by atoms with E-state index in [1.165, 1.54) is 5.56 Å². The SMILES string of the molecule is Cc1cccc(N2C(=O)c3oc4ccccc4c(=O)c3[C@H]2c2ccc(C(C)(C)C)cc2)n1. The molecular formula is C27H24N2O3. The van der Waals surface area contributed by atoms with Crippen LogP contribution in [0.1, 0.15) is 59.8 Å². The van der Waals surface area contributed by atoms with Crippen LogP contribution in [-0.4, -0.2) is 10.9 Å². The van der Waals surface area contributed by atoms with Crippen LogP contribution in [0.3, 0.4) is 0 Å². The Labute approximate surface area is 186 Å². The van der Waals surface area contributed by atoms with Crippen molar-refractivity contribution in [3.63, 3.8) is 0 Å². The van der Waals surface area contributed by atoms with Gasteiger partial charge in [-0.05, 0) is 47.7 Å². The Bertz CT molecular complexity index is 1410. The van der Waals surface area contributed by atoms with Crippen molar-refractivity contribution in [1.82, 2.24) is 4.98 Å². The Morgan fingerprint density at radius 3 is 2.31 bits per heavy atom. The standard InChI is InChI=1S/C27H24N2O3/c1-16-8-7-11-21(28-16)29-23(17-12-14-18(15-13-17)27(2,3)4)22-24(30)19-9-5-6-10-20(19)32-25(22)26(29)31/h5-15,23H,1-4H3/t23-/m1/s1. The summed E-state index contributed by atoms with van der Waals surface area (Å²) in [4.78, 5) is 33.3. The first-order valence-corrected chi connectivity index (χ1v) is 10.7. The van der Waals surface area contributed by atoms with E-state index in [4.69, 9.17) is 4.42 Å². The van der Waals surface area contributed by atoms with Crippen molar-refractivity contribution < 1.29 is 9.21 Å². The highest BCUT2D eigenvalue weighted by Gasteiger charge is 2.44. The molecule has 0 radical (unpaired) electrons. The van der Waals surface area contributed by atoms with Gasteiger partial charge in [-0.2, -0.15) is 0 Å². The third-order valence-electron chi connectivity index (χ3n) is 5.99. The van der Waals surface area contributed by atoms with Crippen LogP contribution < -0.4 is 10.3 Å². The maximum Gasteiger partial charge on any atom is 0.296 e. The minimum atomic E-state index is -0.610. The van der Waals surface area contributed by atoms with Crippen LogP contribution in [-0.2, 0) is 5.41 Å². The predicted octanol–water partition coefficient (Wildman–Crippen LogP) is 5.54. The Hall–Kier alpha value is -3.73. The number of benzene rings is 2. The van der Waals surface area contributed by atoms with Crippen molar-refractivity contribution in [2.75, 3.05) is 4.90 Å². The molecule has 5 heteroatoms. The van der Waals surface area contributed by atoms with Gasteiger partial charge in [0.05, 0.1) is 17.0 Å². The zero-order chi connectivity index (χ0) is 22.6. The molecule has 0 bridgehead atoms. The lowest BCUT2D eigenvalue weighted by Gasteiger charge is -2.25. The van der Waals surface area contributed by atoms with Crippen LogP contribution in [0, 0.1) is 6.92 Å². The average molecular weight is 425 g/mol. The fourth-order valence-electron chi connectivity index (χ4n) is 4.30. The molecule has 4 aromatic rings. The van der Waals surface area contributed by atoms with Gasteiger partial charge in [0.15, 0.2) is 5.43 Å². The maximum atomic E-state index is 13.6. The fraction of sp³-hybridized carbons (Fsp3) is 0.222. The number of rotatable bonds is 2. The van der Waals surface area contributed by atoms with Gasteiger partial charge in [-0.15, -0.1) is 0 Å². The van der Waals surface area contributed by atoms with Crippen molar-refractivity contribution in [3.8, 4) is 0 Å². The molecule has 1 atom stereocenters. The van der Waals surface area contributed by atoms with Gasteiger partial charge in [0.25, 0.3) is 5.91 Å². The van der Waals surface area contributed by atoms with Gasteiger partial charge in [-0.25, -0.2) is 4.98 Å². The quantitative estimate of drug-likeness (QED) is 0.424. The molecule has 1 aliphatic heterocycles. The molecule has 32 heavy (non-hydrogen) atoms. The van der Waals surface area contributed by atoms with E-state index in [0.29, 0.717) is 22.4 Å². The van der Waals surface area contributed by atoms with E-state index < -0.39 is 6.04 Å². The van der Waals surface area contributed by atoms with Gasteiger partial charge in [-0.1, -0.05) is 63.2 Å². The largest absolute Gasteiger partial charge is 0.450 e. The summed E-state index contributed by atoms with van der Waals surface area (Å²) in [6, 6.07) is 20.1. The molecule has 2 aromatic carbocycles. The molecule has 0 unspecified atom stereocenters. The minimum Gasteiger partial charge on any atom is -0.450 e. The van der Waals surface area contributed by atoms with Crippen molar-refractivity contribution in [2.24, 2.45) is 0 Å². The highest BCUT2D eigenvalue weighted by Crippen LogP contribution is 2.41. The molecule has 0 spiro atoms. The minimum absolute atomic E-state index is 0.00501. The number of fused-ring (bicyclic) bond motifs is 2. The summed E-state index contributed by atoms with van der Waals surface area (Å²) in [5.41, 5.74) is 3.39. The average Bonchev–Trinajstić information content (AvgIpc) is 3.06. The molecule has 3 heterocycles. The molecule has 0 aliphatic carbocycles. The second-order valence-electron chi connectivity index (χ2n) is 9.26. The summed E-state index contributed by atoms with van der Waals surface area (Å²) in [6.07, 6.45) is 0. The molecule has 0 N–H and O–H groups in total. The second-order valence-corrected chi connectivity index (χ2v) is 9.26. The number of amides is 1. The van der Waals surface area contributed by atoms with E-state index in [9.17, 15) is 9.59 Å². The summed E-state index contributed by atoms with van der Waals surface area (Å²) < 4.78 is 5.99. The molecule has 5 rings (SSSR count). The topological polar surface area (TPSA) is 63.4 Å². The maximum absolute atomic E-state index is 13.6. The second kappa shape index (κ2) is 7.16. The molecule has 2 aromatic heterocycles. The number of anilines is 1. The Morgan fingerprint density at radius 2 is 1.62 bits per heavy atom. The summed E-state index contributed by atoms with van der Waals surface area (Å²) in [5.74, 6) is 0.225. The number of para-hydroxylation sites is 1. The molecule has 0 fully saturated rings. The zero-order valence-corrected chi connectivity index (χ0v) is 18.5.